The zero-order valence-electron chi connectivity index (χ0n) is 18.8. The van der Waals surface area contributed by atoms with E-state index < -0.39 is 26.0 Å². The third-order valence-corrected chi connectivity index (χ3v) is 7.95. The Hall–Kier alpha value is -2.27. The topological polar surface area (TPSA) is 119 Å². The highest BCUT2D eigenvalue weighted by Gasteiger charge is 2.20. The first-order valence-electron chi connectivity index (χ1n) is 10.2. The number of hydrogen-bond donors (Lipinski definition) is 2. The highest BCUT2D eigenvalue weighted by atomic mass is 32.2. The van der Waals surface area contributed by atoms with Crippen LogP contribution in [0.15, 0.2) is 46.2 Å². The quantitative estimate of drug-likeness (QED) is 0.375. The van der Waals surface area contributed by atoms with Gasteiger partial charge in [-0.25, -0.2) is 26.3 Å². The van der Waals surface area contributed by atoms with Gasteiger partial charge >= 0.3 is 5.97 Å². The first-order chi connectivity index (χ1) is 15.0. The number of carbonyl (C=O) groups excluding carboxylic acids is 1. The zero-order valence-corrected chi connectivity index (χ0v) is 20.4. The maximum Gasteiger partial charge on any atom is 0.302 e. The lowest BCUT2D eigenvalue weighted by Gasteiger charge is -2.14. The van der Waals surface area contributed by atoms with Crippen LogP contribution in [0.1, 0.15) is 35.6 Å². The van der Waals surface area contributed by atoms with Crippen LogP contribution < -0.4 is 9.44 Å². The standard InChI is InChI=1S/C22H30N2O6S2/c1-16-8-10-21(31(26,27)23-4)19(14-16)6-5-7-20-15-17(2)9-11-22(20)32(28,29)24-12-13-30-18(3)25/h8-11,14-15,23-24H,5-7,12-13H2,1-4H3. The molecule has 0 spiro atoms. The molecule has 0 unspecified atom stereocenters. The van der Waals surface area contributed by atoms with Crippen molar-refractivity contribution < 1.29 is 26.4 Å². The maximum atomic E-state index is 12.8. The molecule has 0 radical (unpaired) electrons. The van der Waals surface area contributed by atoms with E-state index in [1.807, 2.05) is 26.0 Å². The summed E-state index contributed by atoms with van der Waals surface area (Å²) in [5.74, 6) is -0.476. The lowest BCUT2D eigenvalue weighted by atomic mass is 10.0. The van der Waals surface area contributed by atoms with E-state index in [2.05, 4.69) is 9.44 Å². The summed E-state index contributed by atoms with van der Waals surface area (Å²) in [6, 6.07) is 10.3. The molecule has 8 nitrogen and oxygen atoms in total. The van der Waals surface area contributed by atoms with Gasteiger partial charge in [-0.1, -0.05) is 35.4 Å². The van der Waals surface area contributed by atoms with Gasteiger partial charge in [0.25, 0.3) is 0 Å². The third kappa shape index (κ3) is 7.13. The Morgan fingerprint density at radius 1 is 0.875 bits per heavy atom. The Morgan fingerprint density at radius 3 is 1.84 bits per heavy atom. The van der Waals surface area contributed by atoms with Gasteiger partial charge in [0.05, 0.1) is 9.79 Å². The molecule has 10 heteroatoms. The molecule has 32 heavy (non-hydrogen) atoms. The molecule has 176 valence electrons. The van der Waals surface area contributed by atoms with Crippen molar-refractivity contribution in [2.75, 3.05) is 20.2 Å². The fourth-order valence-corrected chi connectivity index (χ4v) is 5.59. The highest BCUT2D eigenvalue weighted by molar-refractivity contribution is 7.89. The predicted octanol–water partition coefficient (Wildman–Crippen LogP) is 2.23. The summed E-state index contributed by atoms with van der Waals surface area (Å²) in [5, 5.41) is 0. The second kappa shape index (κ2) is 11.0. The van der Waals surface area contributed by atoms with Crippen molar-refractivity contribution in [1.82, 2.24) is 9.44 Å². The van der Waals surface area contributed by atoms with E-state index in [4.69, 9.17) is 4.74 Å². The average molecular weight is 483 g/mol. The molecule has 0 bridgehead atoms. The van der Waals surface area contributed by atoms with E-state index in [9.17, 15) is 21.6 Å². The van der Waals surface area contributed by atoms with Gasteiger partial charge in [-0.15, -0.1) is 0 Å². The van der Waals surface area contributed by atoms with Crippen molar-refractivity contribution in [3.63, 3.8) is 0 Å². The summed E-state index contributed by atoms with van der Waals surface area (Å²) < 4.78 is 59.8. The minimum Gasteiger partial charge on any atom is -0.464 e. The van der Waals surface area contributed by atoms with Gasteiger partial charge < -0.3 is 4.74 Å². The van der Waals surface area contributed by atoms with Crippen LogP contribution in [0, 0.1) is 13.8 Å². The number of carbonyl (C=O) groups is 1. The van der Waals surface area contributed by atoms with Crippen molar-refractivity contribution in [2.24, 2.45) is 0 Å². The van der Waals surface area contributed by atoms with E-state index in [1.54, 1.807) is 24.3 Å². The molecule has 0 saturated carbocycles. The summed E-state index contributed by atoms with van der Waals surface area (Å²) in [4.78, 5) is 11.2. The largest absolute Gasteiger partial charge is 0.464 e. The second-order valence-corrected chi connectivity index (χ2v) is 11.1. The number of esters is 1. The first kappa shape index (κ1) is 26.0. The Morgan fingerprint density at radius 2 is 1.38 bits per heavy atom. The minimum atomic E-state index is -3.79. The third-order valence-electron chi connectivity index (χ3n) is 4.87. The SMILES string of the molecule is CNS(=O)(=O)c1ccc(C)cc1CCCc1cc(C)ccc1S(=O)(=O)NCCOC(C)=O. The van der Waals surface area contributed by atoms with Crippen molar-refractivity contribution in [1.29, 1.82) is 0 Å². The van der Waals surface area contributed by atoms with Crippen LogP contribution >= 0.6 is 0 Å². The molecule has 0 aliphatic rings. The van der Waals surface area contributed by atoms with Crippen molar-refractivity contribution in [3.05, 3.63) is 58.7 Å². The molecule has 0 atom stereocenters. The molecular formula is C22H30N2O6S2. The van der Waals surface area contributed by atoms with Crippen molar-refractivity contribution in [3.8, 4) is 0 Å². The Balaban J connectivity index is 2.19. The zero-order chi connectivity index (χ0) is 23.9. The molecular weight excluding hydrogens is 452 g/mol. The molecule has 0 aliphatic carbocycles. The van der Waals surface area contributed by atoms with E-state index in [-0.39, 0.29) is 22.9 Å². The normalized spacial score (nSPS) is 12.0. The van der Waals surface area contributed by atoms with Crippen LogP contribution in [0.3, 0.4) is 0 Å². The number of nitrogens with one attached hydrogen (secondary N) is 2. The van der Waals surface area contributed by atoms with Crippen LogP contribution in [0.2, 0.25) is 0 Å². The fraction of sp³-hybridized carbons (Fsp3) is 0.409. The van der Waals surface area contributed by atoms with E-state index >= 15 is 0 Å². The van der Waals surface area contributed by atoms with Gasteiger partial charge in [0.2, 0.25) is 20.0 Å². The molecule has 0 aromatic heterocycles. The number of rotatable bonds is 11. The fourth-order valence-electron chi connectivity index (χ4n) is 3.36. The molecule has 0 amide bonds. The summed E-state index contributed by atoms with van der Waals surface area (Å²) in [6.07, 6.45) is 1.50. The van der Waals surface area contributed by atoms with Crippen LogP contribution in [0.5, 0.6) is 0 Å². The smallest absolute Gasteiger partial charge is 0.302 e. The maximum absolute atomic E-state index is 12.8. The monoisotopic (exact) mass is 482 g/mol. The minimum absolute atomic E-state index is 0.0240. The molecule has 2 rings (SSSR count). The second-order valence-electron chi connectivity index (χ2n) is 7.52. The number of sulfonamides is 2. The van der Waals surface area contributed by atoms with Gasteiger partial charge in [0, 0.05) is 13.5 Å². The molecule has 2 aromatic rings. The summed E-state index contributed by atoms with van der Waals surface area (Å²) in [5.41, 5.74) is 3.21. The Bertz CT molecular complexity index is 1170. The van der Waals surface area contributed by atoms with Gasteiger partial charge in [-0.3, -0.25) is 4.79 Å². The first-order valence-corrected chi connectivity index (χ1v) is 13.2. The molecule has 0 fully saturated rings. The van der Waals surface area contributed by atoms with Gasteiger partial charge in [0.1, 0.15) is 6.61 Å². The highest BCUT2D eigenvalue weighted by Crippen LogP contribution is 2.23. The number of benzene rings is 2. The summed E-state index contributed by atoms with van der Waals surface area (Å²) in [7, 11) is -6.01. The lowest BCUT2D eigenvalue weighted by Crippen LogP contribution is -2.28. The Labute approximate surface area is 190 Å². The van der Waals surface area contributed by atoms with Gasteiger partial charge in [0.15, 0.2) is 0 Å². The molecule has 2 N–H and O–H groups in total. The number of aryl methyl sites for hydroxylation is 4. The van der Waals surface area contributed by atoms with Crippen LogP contribution in [-0.2, 0) is 42.4 Å². The van der Waals surface area contributed by atoms with Crippen LogP contribution in [0.25, 0.3) is 0 Å². The molecule has 0 aliphatic heterocycles. The number of hydrogen-bond acceptors (Lipinski definition) is 6. The molecule has 2 aromatic carbocycles. The van der Waals surface area contributed by atoms with Crippen molar-refractivity contribution >= 4 is 26.0 Å². The van der Waals surface area contributed by atoms with E-state index in [0.717, 1.165) is 11.1 Å². The van der Waals surface area contributed by atoms with Crippen LogP contribution in [-0.4, -0.2) is 43.0 Å². The lowest BCUT2D eigenvalue weighted by molar-refractivity contribution is -0.140. The average Bonchev–Trinajstić information content (AvgIpc) is 2.71. The number of ether oxygens (including phenoxy) is 1. The summed E-state index contributed by atoms with van der Waals surface area (Å²) in [6.45, 7) is 4.96. The van der Waals surface area contributed by atoms with E-state index in [1.165, 1.54) is 14.0 Å². The predicted molar refractivity (Wildman–Crippen MR) is 122 cm³/mol. The summed E-state index contributed by atoms with van der Waals surface area (Å²) >= 11 is 0. The Kier molecular flexibility index (Phi) is 8.97. The van der Waals surface area contributed by atoms with Gasteiger partial charge in [-0.2, -0.15) is 0 Å². The van der Waals surface area contributed by atoms with E-state index in [0.29, 0.717) is 30.4 Å². The van der Waals surface area contributed by atoms with Crippen molar-refractivity contribution in [2.45, 2.75) is 49.8 Å². The molecule has 0 heterocycles. The van der Waals surface area contributed by atoms with Crippen LogP contribution in [0.4, 0.5) is 0 Å². The van der Waals surface area contributed by atoms with Gasteiger partial charge in [-0.05, 0) is 63.4 Å². The molecule has 0 saturated heterocycles.